The van der Waals surface area contributed by atoms with Crippen LogP contribution in [0.1, 0.15) is 0 Å². The van der Waals surface area contributed by atoms with Crippen molar-refractivity contribution >= 4 is 0 Å². The Bertz CT molecular complexity index is 84.3. The Hall–Kier alpha value is -0.760. The summed E-state index contributed by atoms with van der Waals surface area (Å²) >= 11 is 0. The van der Waals surface area contributed by atoms with E-state index in [2.05, 4.69) is 5.48 Å². The number of nitrogens with one attached hydrogen (secondary N) is 1. The molecule has 0 bridgehead atoms. The summed E-state index contributed by atoms with van der Waals surface area (Å²) in [5.74, 6) is 0. The highest BCUT2D eigenvalue weighted by Gasteiger charge is 1.77. The smallest absolute Gasteiger partial charge is 0.111 e. The molecule has 0 radical (unpaired) electrons. The Kier molecular flexibility index (Phi) is 1.52. The fraction of sp³-hybridized carbons (Fsp3) is 0.200. The number of rotatable bonds is 0. The van der Waals surface area contributed by atoms with Crippen LogP contribution < -0.4 is 5.48 Å². The summed E-state index contributed by atoms with van der Waals surface area (Å²) in [4.78, 5) is 4.70. The molecule has 0 amide bonds. The molecule has 0 aromatic rings. The molecule has 1 N–H and O–H groups in total. The van der Waals surface area contributed by atoms with Gasteiger partial charge in [-0.15, -0.1) is 0 Å². The van der Waals surface area contributed by atoms with Crippen molar-refractivity contribution in [2.24, 2.45) is 0 Å². The van der Waals surface area contributed by atoms with Crippen LogP contribution in [0.15, 0.2) is 24.5 Å². The third kappa shape index (κ3) is 1.41. The van der Waals surface area contributed by atoms with Gasteiger partial charge in [0.25, 0.3) is 0 Å². The van der Waals surface area contributed by atoms with Crippen LogP contribution in [0.25, 0.3) is 0 Å². The van der Waals surface area contributed by atoms with Gasteiger partial charge in [0.15, 0.2) is 0 Å². The monoisotopic (exact) mass is 97.1 g/mol. The quantitative estimate of drug-likeness (QED) is 0.477. The molecule has 1 aliphatic rings. The molecule has 38 valence electrons. The molecule has 2 heteroatoms. The first-order chi connectivity index (χ1) is 3.50. The molecule has 2 nitrogen and oxygen atoms in total. The highest BCUT2D eigenvalue weighted by atomic mass is 16.6. The lowest BCUT2D eigenvalue weighted by Crippen LogP contribution is -2.08. The molecule has 0 saturated carbocycles. The maximum Gasteiger partial charge on any atom is 0.111 e. The molecule has 0 aromatic heterocycles. The van der Waals surface area contributed by atoms with E-state index in [1.54, 1.807) is 6.26 Å². The molecule has 1 aliphatic heterocycles. The van der Waals surface area contributed by atoms with E-state index in [0.29, 0.717) is 0 Å². The van der Waals surface area contributed by atoms with Crippen LogP contribution in [-0.4, -0.2) is 6.54 Å². The predicted octanol–water partition coefficient (Wildman–Crippen LogP) is 0.591. The van der Waals surface area contributed by atoms with Crippen LogP contribution in [0.4, 0.5) is 0 Å². The number of hydrogen-bond donors (Lipinski definition) is 1. The van der Waals surface area contributed by atoms with Crippen LogP contribution in [0.2, 0.25) is 0 Å². The molecule has 0 saturated heterocycles. The fourth-order valence-electron chi connectivity index (χ4n) is 0.376. The summed E-state index contributed by atoms with van der Waals surface area (Å²) in [6, 6.07) is 0. The van der Waals surface area contributed by atoms with Gasteiger partial charge in [0.1, 0.15) is 6.26 Å². The minimum Gasteiger partial charge on any atom is -0.416 e. The molecule has 0 atom stereocenters. The van der Waals surface area contributed by atoms with Gasteiger partial charge in [-0.05, 0) is 6.08 Å². The van der Waals surface area contributed by atoms with Crippen molar-refractivity contribution in [2.75, 3.05) is 6.54 Å². The topological polar surface area (TPSA) is 21.3 Å². The van der Waals surface area contributed by atoms with Crippen LogP contribution in [0.5, 0.6) is 0 Å². The van der Waals surface area contributed by atoms with E-state index in [0.717, 1.165) is 6.54 Å². The molecule has 0 spiro atoms. The minimum absolute atomic E-state index is 0.785. The standard InChI is InChI=1S/C5H7NO/c1-2-4-6-7-5-3-1/h1-3,5-6H,4H2. The van der Waals surface area contributed by atoms with Crippen molar-refractivity contribution in [2.45, 2.75) is 0 Å². The van der Waals surface area contributed by atoms with Gasteiger partial charge in [-0.1, -0.05) is 12.2 Å². The van der Waals surface area contributed by atoms with E-state index in [1.165, 1.54) is 0 Å². The lowest BCUT2D eigenvalue weighted by atomic mass is 10.5. The van der Waals surface area contributed by atoms with Crippen molar-refractivity contribution in [1.29, 1.82) is 0 Å². The zero-order chi connectivity index (χ0) is 4.95. The lowest BCUT2D eigenvalue weighted by Gasteiger charge is -1.92. The van der Waals surface area contributed by atoms with Crippen LogP contribution in [0.3, 0.4) is 0 Å². The number of hydroxylamine groups is 1. The van der Waals surface area contributed by atoms with Crippen molar-refractivity contribution < 1.29 is 4.84 Å². The lowest BCUT2D eigenvalue weighted by molar-refractivity contribution is 0.147. The van der Waals surface area contributed by atoms with E-state index in [9.17, 15) is 0 Å². The first-order valence-electron chi connectivity index (χ1n) is 2.20. The van der Waals surface area contributed by atoms with Crippen molar-refractivity contribution in [3.63, 3.8) is 0 Å². The number of hydrogen-bond acceptors (Lipinski definition) is 2. The summed E-state index contributed by atoms with van der Waals surface area (Å²) in [6.07, 6.45) is 7.34. The van der Waals surface area contributed by atoms with Gasteiger partial charge in [0, 0.05) is 0 Å². The summed E-state index contributed by atoms with van der Waals surface area (Å²) in [6.45, 7) is 0.785. The van der Waals surface area contributed by atoms with Crippen LogP contribution in [-0.2, 0) is 4.84 Å². The van der Waals surface area contributed by atoms with E-state index < -0.39 is 0 Å². The zero-order valence-electron chi connectivity index (χ0n) is 3.92. The van der Waals surface area contributed by atoms with Crippen molar-refractivity contribution in [3.05, 3.63) is 24.5 Å². The van der Waals surface area contributed by atoms with Gasteiger partial charge in [-0.25, -0.2) is 0 Å². The van der Waals surface area contributed by atoms with E-state index >= 15 is 0 Å². The van der Waals surface area contributed by atoms with Crippen molar-refractivity contribution in [1.82, 2.24) is 5.48 Å². The Balaban J connectivity index is 2.39. The highest BCUT2D eigenvalue weighted by Crippen LogP contribution is 1.81. The largest absolute Gasteiger partial charge is 0.416 e. The molecular formula is C5H7NO. The Morgan fingerprint density at radius 2 is 2.43 bits per heavy atom. The van der Waals surface area contributed by atoms with Crippen LogP contribution >= 0.6 is 0 Å². The summed E-state index contributed by atoms with van der Waals surface area (Å²) in [5, 5.41) is 0. The number of allylic oxidation sites excluding steroid dienone is 2. The fourth-order valence-corrected chi connectivity index (χ4v) is 0.376. The van der Waals surface area contributed by atoms with E-state index in [4.69, 9.17) is 4.84 Å². The highest BCUT2D eigenvalue weighted by molar-refractivity contribution is 5.01. The molecule has 1 heterocycles. The first kappa shape index (κ1) is 4.40. The molecule has 0 unspecified atom stereocenters. The van der Waals surface area contributed by atoms with E-state index in [1.807, 2.05) is 18.2 Å². The normalized spacial score (nSPS) is 18.3. The average Bonchev–Trinajstić information content (AvgIpc) is 1.90. The third-order valence-corrected chi connectivity index (χ3v) is 0.678. The van der Waals surface area contributed by atoms with Gasteiger partial charge in [0.05, 0.1) is 6.54 Å². The van der Waals surface area contributed by atoms with Gasteiger partial charge in [-0.3, -0.25) is 0 Å². The molecule has 0 aromatic carbocycles. The Labute approximate surface area is 42.4 Å². The van der Waals surface area contributed by atoms with Gasteiger partial charge < -0.3 is 4.84 Å². The molecule has 0 fully saturated rings. The SMILES string of the molecule is C1=CCNOC=C1. The Morgan fingerprint density at radius 1 is 1.43 bits per heavy atom. The summed E-state index contributed by atoms with van der Waals surface area (Å²) in [7, 11) is 0. The molecule has 7 heavy (non-hydrogen) atoms. The summed E-state index contributed by atoms with van der Waals surface area (Å²) in [5.41, 5.74) is 2.67. The molecule has 1 rings (SSSR count). The van der Waals surface area contributed by atoms with Crippen molar-refractivity contribution in [3.8, 4) is 0 Å². The first-order valence-corrected chi connectivity index (χ1v) is 2.20. The Morgan fingerprint density at radius 3 is 3.43 bits per heavy atom. The van der Waals surface area contributed by atoms with E-state index in [-0.39, 0.29) is 0 Å². The second-order valence-electron chi connectivity index (χ2n) is 1.22. The van der Waals surface area contributed by atoms with Gasteiger partial charge in [0.2, 0.25) is 0 Å². The molecule has 0 aliphatic carbocycles. The summed E-state index contributed by atoms with van der Waals surface area (Å²) < 4.78 is 0. The average molecular weight is 97.1 g/mol. The molecular weight excluding hydrogens is 90.1 g/mol. The second kappa shape index (κ2) is 2.42. The zero-order valence-corrected chi connectivity index (χ0v) is 3.92. The maximum atomic E-state index is 4.70. The van der Waals surface area contributed by atoms with Gasteiger partial charge >= 0.3 is 0 Å². The van der Waals surface area contributed by atoms with Crippen LogP contribution in [0, 0.1) is 0 Å². The second-order valence-corrected chi connectivity index (χ2v) is 1.22. The maximum absolute atomic E-state index is 4.70. The third-order valence-electron chi connectivity index (χ3n) is 0.678. The van der Waals surface area contributed by atoms with Gasteiger partial charge in [-0.2, -0.15) is 5.48 Å². The minimum atomic E-state index is 0.785. The predicted molar refractivity (Wildman–Crippen MR) is 27.4 cm³/mol.